The van der Waals surface area contributed by atoms with E-state index in [1.165, 1.54) is 19.4 Å². The van der Waals surface area contributed by atoms with Crippen LogP contribution in [-0.2, 0) is 9.53 Å². The van der Waals surface area contributed by atoms with Crippen molar-refractivity contribution < 1.29 is 9.53 Å². The Bertz CT molecular complexity index is 372. The van der Waals surface area contributed by atoms with Gasteiger partial charge in [0.05, 0.1) is 18.9 Å². The van der Waals surface area contributed by atoms with Gasteiger partial charge in [0.1, 0.15) is 12.6 Å². The minimum absolute atomic E-state index is 0.0378. The Balaban J connectivity index is 2.68. The van der Waals surface area contributed by atoms with Crippen LogP contribution in [0.3, 0.4) is 0 Å². The van der Waals surface area contributed by atoms with Crippen LogP contribution in [0.15, 0.2) is 12.3 Å². The van der Waals surface area contributed by atoms with Crippen LogP contribution < -0.4 is 5.32 Å². The molecule has 0 unspecified atom stereocenters. The van der Waals surface area contributed by atoms with Crippen molar-refractivity contribution in [2.75, 3.05) is 19.0 Å². The molecule has 0 bridgehead atoms. The number of methoxy groups -OCH3 is 1. The number of nitriles is 1. The second-order valence-corrected chi connectivity index (χ2v) is 2.33. The number of anilines is 1. The van der Waals surface area contributed by atoms with Gasteiger partial charge in [-0.15, -0.1) is 5.10 Å². The first-order chi connectivity index (χ1) is 6.77. The van der Waals surface area contributed by atoms with Crippen LogP contribution in [0.5, 0.6) is 0 Å². The molecule has 0 radical (unpaired) electrons. The largest absolute Gasteiger partial charge is 0.468 e. The lowest BCUT2D eigenvalue weighted by atomic mass is 10.3. The number of nitrogens with zero attached hydrogens (tertiary/aromatic N) is 3. The monoisotopic (exact) mass is 192 g/mol. The lowest BCUT2D eigenvalue weighted by Crippen LogP contribution is -2.16. The van der Waals surface area contributed by atoms with E-state index < -0.39 is 5.97 Å². The second-order valence-electron chi connectivity index (χ2n) is 2.33. The zero-order chi connectivity index (χ0) is 10.4. The zero-order valence-electron chi connectivity index (χ0n) is 7.52. The first kappa shape index (κ1) is 9.92. The predicted molar refractivity (Wildman–Crippen MR) is 47.3 cm³/mol. The summed E-state index contributed by atoms with van der Waals surface area (Å²) in [7, 11) is 1.28. The van der Waals surface area contributed by atoms with E-state index in [0.29, 0.717) is 5.56 Å². The highest BCUT2D eigenvalue weighted by Crippen LogP contribution is 2.07. The van der Waals surface area contributed by atoms with Crippen molar-refractivity contribution in [1.29, 1.82) is 5.26 Å². The van der Waals surface area contributed by atoms with Gasteiger partial charge in [0.15, 0.2) is 5.82 Å². The molecule has 0 aliphatic carbocycles. The Morgan fingerprint density at radius 1 is 1.79 bits per heavy atom. The van der Waals surface area contributed by atoms with E-state index in [2.05, 4.69) is 20.3 Å². The highest BCUT2D eigenvalue weighted by atomic mass is 16.5. The van der Waals surface area contributed by atoms with Crippen LogP contribution in [0.25, 0.3) is 0 Å². The molecule has 1 heterocycles. The second kappa shape index (κ2) is 4.77. The quantitative estimate of drug-likeness (QED) is 0.674. The number of hydrogen-bond donors (Lipinski definition) is 1. The summed E-state index contributed by atoms with van der Waals surface area (Å²) in [6.45, 7) is -0.0378. The highest BCUT2D eigenvalue weighted by molar-refractivity contribution is 5.74. The summed E-state index contributed by atoms with van der Waals surface area (Å²) in [5, 5.41) is 18.6. The SMILES string of the molecule is COC(=O)CNc1nnccc1C#N. The van der Waals surface area contributed by atoms with E-state index in [-0.39, 0.29) is 12.4 Å². The molecular weight excluding hydrogens is 184 g/mol. The maximum absolute atomic E-state index is 10.8. The Labute approximate surface area is 80.5 Å². The van der Waals surface area contributed by atoms with Gasteiger partial charge in [-0.3, -0.25) is 4.79 Å². The van der Waals surface area contributed by atoms with Crippen molar-refractivity contribution >= 4 is 11.8 Å². The van der Waals surface area contributed by atoms with Crippen LogP contribution in [0.1, 0.15) is 5.56 Å². The molecule has 1 N–H and O–H groups in total. The van der Waals surface area contributed by atoms with Gasteiger partial charge in [0.25, 0.3) is 0 Å². The number of ether oxygens (including phenoxy) is 1. The Morgan fingerprint density at radius 2 is 2.57 bits per heavy atom. The van der Waals surface area contributed by atoms with Crippen molar-refractivity contribution in [2.24, 2.45) is 0 Å². The first-order valence-corrected chi connectivity index (χ1v) is 3.80. The summed E-state index contributed by atoms with van der Waals surface area (Å²) in [4.78, 5) is 10.8. The van der Waals surface area contributed by atoms with E-state index in [0.717, 1.165) is 0 Å². The van der Waals surface area contributed by atoms with Crippen LogP contribution in [-0.4, -0.2) is 29.8 Å². The molecule has 0 saturated carbocycles. The third-order valence-corrected chi connectivity index (χ3v) is 1.47. The van der Waals surface area contributed by atoms with Gasteiger partial charge in [0, 0.05) is 0 Å². The van der Waals surface area contributed by atoms with Gasteiger partial charge in [-0.05, 0) is 6.07 Å². The molecule has 6 nitrogen and oxygen atoms in total. The lowest BCUT2D eigenvalue weighted by molar-refractivity contribution is -0.138. The molecule has 6 heteroatoms. The van der Waals surface area contributed by atoms with Crippen LogP contribution in [0, 0.1) is 11.3 Å². The Hall–Kier alpha value is -2.16. The third-order valence-electron chi connectivity index (χ3n) is 1.47. The van der Waals surface area contributed by atoms with E-state index in [1.54, 1.807) is 0 Å². The molecule has 0 saturated heterocycles. The number of hydrogen-bond acceptors (Lipinski definition) is 6. The summed E-state index contributed by atoms with van der Waals surface area (Å²) in [6.07, 6.45) is 1.40. The fourth-order valence-corrected chi connectivity index (χ4v) is 0.781. The molecule has 0 aromatic carbocycles. The predicted octanol–water partition coefficient (Wildman–Crippen LogP) is -0.0668. The molecule has 72 valence electrons. The topological polar surface area (TPSA) is 87.9 Å². The van der Waals surface area contributed by atoms with E-state index in [4.69, 9.17) is 5.26 Å². The van der Waals surface area contributed by atoms with Crippen molar-refractivity contribution in [3.05, 3.63) is 17.8 Å². The van der Waals surface area contributed by atoms with Gasteiger partial charge in [-0.25, -0.2) is 0 Å². The lowest BCUT2D eigenvalue weighted by Gasteiger charge is -2.03. The van der Waals surface area contributed by atoms with Gasteiger partial charge in [-0.2, -0.15) is 10.4 Å². The number of esters is 1. The number of carbonyl (C=O) groups excluding carboxylic acids is 1. The van der Waals surface area contributed by atoms with Gasteiger partial charge < -0.3 is 10.1 Å². The fraction of sp³-hybridized carbons (Fsp3) is 0.250. The van der Waals surface area contributed by atoms with E-state index >= 15 is 0 Å². The van der Waals surface area contributed by atoms with E-state index in [1.807, 2.05) is 6.07 Å². The van der Waals surface area contributed by atoms with Gasteiger partial charge in [-0.1, -0.05) is 0 Å². The fourth-order valence-electron chi connectivity index (χ4n) is 0.781. The van der Waals surface area contributed by atoms with Crippen molar-refractivity contribution in [3.8, 4) is 6.07 Å². The Morgan fingerprint density at radius 3 is 3.21 bits per heavy atom. The molecule has 14 heavy (non-hydrogen) atoms. The summed E-state index contributed by atoms with van der Waals surface area (Å²) in [6, 6.07) is 3.43. The molecule has 0 aliphatic heterocycles. The number of aromatic nitrogens is 2. The molecule has 1 aromatic rings. The van der Waals surface area contributed by atoms with Crippen LogP contribution >= 0.6 is 0 Å². The molecule has 0 fully saturated rings. The summed E-state index contributed by atoms with van der Waals surface area (Å²) in [5.74, 6) is -0.153. The number of rotatable bonds is 3. The smallest absolute Gasteiger partial charge is 0.325 e. The highest BCUT2D eigenvalue weighted by Gasteiger charge is 2.05. The summed E-state index contributed by atoms with van der Waals surface area (Å²) < 4.78 is 4.41. The Kier molecular flexibility index (Phi) is 3.38. The third kappa shape index (κ3) is 2.42. The minimum atomic E-state index is -0.431. The average molecular weight is 192 g/mol. The zero-order valence-corrected chi connectivity index (χ0v) is 7.52. The molecule has 0 aliphatic rings. The van der Waals surface area contributed by atoms with Crippen molar-refractivity contribution in [1.82, 2.24) is 10.2 Å². The number of carbonyl (C=O) groups is 1. The van der Waals surface area contributed by atoms with Gasteiger partial charge >= 0.3 is 5.97 Å². The molecule has 1 rings (SSSR count). The normalized spacial score (nSPS) is 8.86. The molecular formula is C8H8N4O2. The molecule has 1 aromatic heterocycles. The van der Waals surface area contributed by atoms with Crippen LogP contribution in [0.4, 0.5) is 5.82 Å². The van der Waals surface area contributed by atoms with Crippen LogP contribution in [0.2, 0.25) is 0 Å². The molecule has 0 amide bonds. The number of nitrogens with one attached hydrogen (secondary N) is 1. The van der Waals surface area contributed by atoms with Crippen molar-refractivity contribution in [3.63, 3.8) is 0 Å². The summed E-state index contributed by atoms with van der Waals surface area (Å²) >= 11 is 0. The van der Waals surface area contributed by atoms with Gasteiger partial charge in [0.2, 0.25) is 0 Å². The minimum Gasteiger partial charge on any atom is -0.468 e. The molecule has 0 spiro atoms. The first-order valence-electron chi connectivity index (χ1n) is 3.80. The standard InChI is InChI=1S/C8H8N4O2/c1-14-7(13)5-10-8-6(4-9)2-3-11-12-8/h2-3H,5H2,1H3,(H,10,12). The average Bonchev–Trinajstić information content (AvgIpc) is 2.26. The maximum Gasteiger partial charge on any atom is 0.325 e. The maximum atomic E-state index is 10.8. The summed E-state index contributed by atoms with van der Waals surface area (Å²) in [5.41, 5.74) is 0.337. The van der Waals surface area contributed by atoms with E-state index in [9.17, 15) is 4.79 Å². The molecule has 0 atom stereocenters. The van der Waals surface area contributed by atoms with Crippen molar-refractivity contribution in [2.45, 2.75) is 0 Å².